The number of nitrogens with zero attached hydrogens (tertiary/aromatic N) is 2. The molecule has 0 fully saturated rings. The first-order valence-corrected chi connectivity index (χ1v) is 9.47. The van der Waals surface area contributed by atoms with Gasteiger partial charge in [0.05, 0.1) is 26.7 Å². The molecule has 4 aromatic rings. The molecule has 6 nitrogen and oxygen atoms in total. The first-order chi connectivity index (χ1) is 13.7. The summed E-state index contributed by atoms with van der Waals surface area (Å²) in [6.07, 6.45) is 1.56. The Balaban J connectivity index is 1.82. The highest BCUT2D eigenvalue weighted by atomic mass is 32.1. The quantitative estimate of drug-likeness (QED) is 0.490. The van der Waals surface area contributed by atoms with Gasteiger partial charge in [-0.1, -0.05) is 30.3 Å². The summed E-state index contributed by atoms with van der Waals surface area (Å²) in [6, 6.07) is 13.9. The largest absolute Gasteiger partial charge is 0.493 e. The minimum absolute atomic E-state index is 0.545. The molecule has 0 amide bonds. The smallest absolute Gasteiger partial charge is 0.203 e. The molecule has 0 unspecified atom stereocenters. The number of nitrogens with one attached hydrogen (secondary N) is 1. The zero-order valence-electron chi connectivity index (χ0n) is 15.7. The van der Waals surface area contributed by atoms with E-state index in [1.807, 2.05) is 30.3 Å². The lowest BCUT2D eigenvalue weighted by Gasteiger charge is -2.15. The predicted octanol–water partition coefficient (Wildman–Crippen LogP) is 5.13. The topological polar surface area (TPSA) is 65.5 Å². The predicted molar refractivity (Wildman–Crippen MR) is 112 cm³/mol. The highest BCUT2D eigenvalue weighted by Gasteiger charge is 2.16. The van der Waals surface area contributed by atoms with Crippen LogP contribution in [0.1, 0.15) is 0 Å². The van der Waals surface area contributed by atoms with Crippen LogP contribution in [-0.4, -0.2) is 31.3 Å². The average molecular weight is 393 g/mol. The van der Waals surface area contributed by atoms with Crippen LogP contribution in [0.2, 0.25) is 0 Å². The van der Waals surface area contributed by atoms with E-state index in [-0.39, 0.29) is 0 Å². The Bertz CT molecular complexity index is 1090. The Hall–Kier alpha value is -3.32. The second-order valence-electron chi connectivity index (χ2n) is 5.96. The second kappa shape index (κ2) is 7.74. The lowest BCUT2D eigenvalue weighted by Crippen LogP contribution is -1.99. The van der Waals surface area contributed by atoms with E-state index < -0.39 is 0 Å². The third-order valence-electron chi connectivity index (χ3n) is 4.38. The maximum absolute atomic E-state index is 5.45. The van der Waals surface area contributed by atoms with Crippen molar-refractivity contribution in [3.8, 4) is 28.4 Å². The SMILES string of the molecule is COc1cc(Nc2ncnc3scc(-c4ccccc4)c23)cc(OC)c1OC. The maximum Gasteiger partial charge on any atom is 0.203 e. The summed E-state index contributed by atoms with van der Waals surface area (Å²) >= 11 is 1.59. The van der Waals surface area contributed by atoms with Crippen molar-refractivity contribution in [1.82, 2.24) is 9.97 Å². The Morgan fingerprint density at radius 3 is 2.25 bits per heavy atom. The molecule has 0 bridgehead atoms. The average Bonchev–Trinajstić information content (AvgIpc) is 3.19. The Kier molecular flexibility index (Phi) is 4.99. The van der Waals surface area contributed by atoms with Gasteiger partial charge in [-0.2, -0.15) is 0 Å². The molecule has 0 aliphatic carbocycles. The molecule has 0 spiro atoms. The Labute approximate surface area is 166 Å². The standard InChI is InChI=1S/C21H19N3O3S/c1-25-16-9-14(10-17(26-2)19(16)27-3)24-20-18-15(13-7-5-4-6-8-13)11-28-21(18)23-12-22-20/h4-12H,1-3H3,(H,22,23,24). The summed E-state index contributed by atoms with van der Waals surface area (Å²) in [6.45, 7) is 0. The van der Waals surface area contributed by atoms with Crippen LogP contribution >= 0.6 is 11.3 Å². The number of methoxy groups -OCH3 is 3. The van der Waals surface area contributed by atoms with Crippen LogP contribution in [0.15, 0.2) is 54.2 Å². The van der Waals surface area contributed by atoms with Gasteiger partial charge in [-0.05, 0) is 5.56 Å². The van der Waals surface area contributed by atoms with Crippen LogP contribution in [0.25, 0.3) is 21.3 Å². The molecule has 7 heteroatoms. The molecule has 0 saturated carbocycles. The summed E-state index contributed by atoms with van der Waals surface area (Å²) in [5.41, 5.74) is 2.99. The number of thiophene rings is 1. The molecule has 0 atom stereocenters. The van der Waals surface area contributed by atoms with Crippen LogP contribution in [0.5, 0.6) is 17.2 Å². The fraction of sp³-hybridized carbons (Fsp3) is 0.143. The Morgan fingerprint density at radius 2 is 1.61 bits per heavy atom. The molecule has 28 heavy (non-hydrogen) atoms. The summed E-state index contributed by atoms with van der Waals surface area (Å²) in [7, 11) is 4.77. The zero-order valence-corrected chi connectivity index (χ0v) is 16.5. The van der Waals surface area contributed by atoms with Crippen LogP contribution in [0.4, 0.5) is 11.5 Å². The fourth-order valence-corrected chi connectivity index (χ4v) is 4.01. The van der Waals surface area contributed by atoms with E-state index in [2.05, 4.69) is 32.8 Å². The monoisotopic (exact) mass is 393 g/mol. The minimum atomic E-state index is 0.545. The molecule has 2 heterocycles. The van der Waals surface area contributed by atoms with Crippen molar-refractivity contribution in [2.75, 3.05) is 26.6 Å². The maximum atomic E-state index is 5.45. The van der Waals surface area contributed by atoms with Gasteiger partial charge in [0.1, 0.15) is 17.0 Å². The van der Waals surface area contributed by atoms with E-state index in [0.717, 1.165) is 32.8 Å². The van der Waals surface area contributed by atoms with Gasteiger partial charge in [0.2, 0.25) is 5.75 Å². The van der Waals surface area contributed by atoms with Gasteiger partial charge in [-0.3, -0.25) is 0 Å². The molecule has 0 aliphatic heterocycles. The number of anilines is 2. The van der Waals surface area contributed by atoms with E-state index in [1.165, 1.54) is 0 Å². The number of rotatable bonds is 6. The van der Waals surface area contributed by atoms with Crippen molar-refractivity contribution in [2.24, 2.45) is 0 Å². The van der Waals surface area contributed by atoms with E-state index in [4.69, 9.17) is 14.2 Å². The summed E-state index contributed by atoms with van der Waals surface area (Å²) in [4.78, 5) is 9.83. The van der Waals surface area contributed by atoms with Gasteiger partial charge in [0.25, 0.3) is 0 Å². The number of benzene rings is 2. The van der Waals surface area contributed by atoms with E-state index in [1.54, 1.807) is 39.0 Å². The van der Waals surface area contributed by atoms with E-state index in [9.17, 15) is 0 Å². The molecule has 0 radical (unpaired) electrons. The van der Waals surface area contributed by atoms with Crippen molar-refractivity contribution >= 4 is 33.1 Å². The van der Waals surface area contributed by atoms with E-state index >= 15 is 0 Å². The highest BCUT2D eigenvalue weighted by molar-refractivity contribution is 7.17. The number of fused-ring (bicyclic) bond motifs is 1. The number of hydrogen-bond acceptors (Lipinski definition) is 7. The number of aromatic nitrogens is 2. The normalized spacial score (nSPS) is 10.7. The third-order valence-corrected chi connectivity index (χ3v) is 5.27. The van der Waals surface area contributed by atoms with E-state index in [0.29, 0.717) is 17.2 Å². The number of hydrogen-bond donors (Lipinski definition) is 1. The molecule has 4 rings (SSSR count). The molecular weight excluding hydrogens is 374 g/mol. The van der Waals surface area contributed by atoms with Crippen molar-refractivity contribution in [3.05, 3.63) is 54.2 Å². The van der Waals surface area contributed by atoms with Crippen LogP contribution in [0, 0.1) is 0 Å². The van der Waals surface area contributed by atoms with Gasteiger partial charge >= 0.3 is 0 Å². The summed E-state index contributed by atoms with van der Waals surface area (Å²) < 4.78 is 16.3. The second-order valence-corrected chi connectivity index (χ2v) is 6.81. The van der Waals surface area contributed by atoms with Crippen LogP contribution < -0.4 is 19.5 Å². The molecule has 0 aliphatic rings. The van der Waals surface area contributed by atoms with Crippen molar-refractivity contribution in [2.45, 2.75) is 0 Å². The molecule has 2 aromatic carbocycles. The van der Waals surface area contributed by atoms with Gasteiger partial charge in [0.15, 0.2) is 11.5 Å². The van der Waals surface area contributed by atoms with Crippen molar-refractivity contribution in [3.63, 3.8) is 0 Å². The summed E-state index contributed by atoms with van der Waals surface area (Å²) in [5.74, 6) is 2.41. The van der Waals surface area contributed by atoms with Gasteiger partial charge < -0.3 is 19.5 Å². The Morgan fingerprint density at radius 1 is 0.893 bits per heavy atom. The van der Waals surface area contributed by atoms with Gasteiger partial charge in [-0.25, -0.2) is 9.97 Å². The minimum Gasteiger partial charge on any atom is -0.493 e. The van der Waals surface area contributed by atoms with Gasteiger partial charge in [-0.15, -0.1) is 11.3 Å². The van der Waals surface area contributed by atoms with Crippen molar-refractivity contribution in [1.29, 1.82) is 0 Å². The van der Waals surface area contributed by atoms with Crippen molar-refractivity contribution < 1.29 is 14.2 Å². The zero-order chi connectivity index (χ0) is 19.5. The highest BCUT2D eigenvalue weighted by Crippen LogP contribution is 2.42. The number of ether oxygens (including phenoxy) is 3. The first kappa shape index (κ1) is 18.1. The lowest BCUT2D eigenvalue weighted by atomic mass is 10.1. The van der Waals surface area contributed by atoms with Crippen LogP contribution in [-0.2, 0) is 0 Å². The molecule has 2 aromatic heterocycles. The molecule has 0 saturated heterocycles. The molecular formula is C21H19N3O3S. The van der Waals surface area contributed by atoms with Gasteiger partial charge in [0, 0.05) is 28.8 Å². The fourth-order valence-electron chi connectivity index (χ4n) is 3.09. The third kappa shape index (κ3) is 3.20. The first-order valence-electron chi connectivity index (χ1n) is 8.59. The summed E-state index contributed by atoms with van der Waals surface area (Å²) in [5, 5.41) is 6.47. The lowest BCUT2D eigenvalue weighted by molar-refractivity contribution is 0.324. The van der Waals surface area contributed by atoms with Crippen LogP contribution in [0.3, 0.4) is 0 Å². The molecule has 1 N–H and O–H groups in total. The molecule has 142 valence electrons.